The Balaban J connectivity index is 1.98. The minimum absolute atomic E-state index is 0.00743. The van der Waals surface area contributed by atoms with E-state index in [-0.39, 0.29) is 5.91 Å². The highest BCUT2D eigenvalue weighted by atomic mass is 79.9. The first-order valence-electron chi connectivity index (χ1n) is 6.12. The van der Waals surface area contributed by atoms with Gasteiger partial charge in [0.1, 0.15) is 0 Å². The van der Waals surface area contributed by atoms with Crippen LogP contribution in [0.4, 0.5) is 5.69 Å². The molecule has 4 nitrogen and oxygen atoms in total. The van der Waals surface area contributed by atoms with Crippen LogP contribution in [0, 0.1) is 6.92 Å². The van der Waals surface area contributed by atoms with Crippen LogP contribution in [-0.4, -0.2) is 43.7 Å². The summed E-state index contributed by atoms with van der Waals surface area (Å²) in [6, 6.07) is 3.91. The molecule has 0 atom stereocenters. The van der Waals surface area contributed by atoms with Gasteiger partial charge >= 0.3 is 0 Å². The van der Waals surface area contributed by atoms with Gasteiger partial charge in [0, 0.05) is 22.0 Å². The molecule has 0 aliphatic carbocycles. The predicted molar refractivity (Wildman–Crippen MR) is 82.5 cm³/mol. The SMILES string of the molecule is Cc1cc(Br)cc(Br)c1NC(=O)CN1CCOCC1. The topological polar surface area (TPSA) is 41.6 Å². The molecule has 104 valence electrons. The lowest BCUT2D eigenvalue weighted by Gasteiger charge is -2.26. The minimum Gasteiger partial charge on any atom is -0.379 e. The van der Waals surface area contributed by atoms with Crippen LogP contribution in [0.2, 0.25) is 0 Å². The number of carbonyl (C=O) groups excluding carboxylic acids is 1. The molecule has 0 aromatic heterocycles. The van der Waals surface area contributed by atoms with Gasteiger partial charge in [-0.05, 0) is 40.5 Å². The number of halogens is 2. The minimum atomic E-state index is 0.00743. The third-order valence-corrected chi connectivity index (χ3v) is 4.07. The van der Waals surface area contributed by atoms with E-state index >= 15 is 0 Å². The lowest BCUT2D eigenvalue weighted by atomic mass is 10.2. The maximum atomic E-state index is 12.0. The molecular weight excluding hydrogens is 376 g/mol. The molecule has 1 aromatic carbocycles. The highest BCUT2D eigenvalue weighted by molar-refractivity contribution is 9.11. The van der Waals surface area contributed by atoms with E-state index in [2.05, 4.69) is 42.1 Å². The number of rotatable bonds is 3. The quantitative estimate of drug-likeness (QED) is 0.861. The molecule has 1 heterocycles. The van der Waals surface area contributed by atoms with Crippen LogP contribution in [-0.2, 0) is 9.53 Å². The van der Waals surface area contributed by atoms with Crippen molar-refractivity contribution in [1.29, 1.82) is 0 Å². The number of aryl methyl sites for hydroxylation is 1. The number of hydrogen-bond donors (Lipinski definition) is 1. The maximum Gasteiger partial charge on any atom is 0.238 e. The second kappa shape index (κ2) is 6.83. The number of morpholine rings is 1. The monoisotopic (exact) mass is 390 g/mol. The van der Waals surface area contributed by atoms with E-state index < -0.39 is 0 Å². The number of anilines is 1. The van der Waals surface area contributed by atoms with Crippen LogP contribution in [0.15, 0.2) is 21.1 Å². The second-order valence-electron chi connectivity index (χ2n) is 4.52. The fourth-order valence-electron chi connectivity index (χ4n) is 2.00. The highest BCUT2D eigenvalue weighted by Crippen LogP contribution is 2.30. The Labute approximate surface area is 129 Å². The number of nitrogens with zero attached hydrogens (tertiary/aromatic N) is 1. The molecule has 1 aliphatic rings. The molecule has 0 saturated carbocycles. The van der Waals surface area contributed by atoms with Crippen molar-refractivity contribution in [2.75, 3.05) is 38.2 Å². The van der Waals surface area contributed by atoms with Crippen LogP contribution in [0.3, 0.4) is 0 Å². The van der Waals surface area contributed by atoms with Gasteiger partial charge in [0.05, 0.1) is 25.4 Å². The Kier molecular flexibility index (Phi) is 5.38. The third kappa shape index (κ3) is 4.27. The summed E-state index contributed by atoms with van der Waals surface area (Å²) in [5.74, 6) is 0.00743. The number of carbonyl (C=O) groups is 1. The summed E-state index contributed by atoms with van der Waals surface area (Å²) >= 11 is 6.90. The fourth-order valence-corrected chi connectivity index (χ4v) is 3.54. The zero-order valence-electron chi connectivity index (χ0n) is 10.7. The normalized spacial score (nSPS) is 16.4. The van der Waals surface area contributed by atoms with Crippen LogP contribution < -0.4 is 5.32 Å². The van der Waals surface area contributed by atoms with Gasteiger partial charge < -0.3 is 10.1 Å². The number of benzene rings is 1. The molecule has 0 bridgehead atoms. The zero-order chi connectivity index (χ0) is 13.8. The lowest BCUT2D eigenvalue weighted by molar-refractivity contribution is -0.118. The van der Waals surface area contributed by atoms with E-state index in [0.717, 1.165) is 33.3 Å². The van der Waals surface area contributed by atoms with Gasteiger partial charge in [0.15, 0.2) is 0 Å². The molecule has 1 N–H and O–H groups in total. The summed E-state index contributed by atoms with van der Waals surface area (Å²) < 4.78 is 7.14. The summed E-state index contributed by atoms with van der Waals surface area (Å²) in [5, 5.41) is 2.96. The molecule has 1 aliphatic heterocycles. The molecule has 0 unspecified atom stereocenters. The summed E-state index contributed by atoms with van der Waals surface area (Å²) in [4.78, 5) is 14.1. The van der Waals surface area contributed by atoms with Crippen molar-refractivity contribution in [2.45, 2.75) is 6.92 Å². The molecule has 1 aromatic rings. The molecule has 6 heteroatoms. The number of nitrogens with one attached hydrogen (secondary N) is 1. The predicted octanol–water partition coefficient (Wildman–Crippen LogP) is 2.79. The average Bonchev–Trinajstić information content (AvgIpc) is 2.35. The maximum absolute atomic E-state index is 12.0. The van der Waals surface area contributed by atoms with Gasteiger partial charge in [-0.1, -0.05) is 15.9 Å². The fraction of sp³-hybridized carbons (Fsp3) is 0.462. The molecular formula is C13H16Br2N2O2. The van der Waals surface area contributed by atoms with Crippen molar-refractivity contribution in [2.24, 2.45) is 0 Å². The Morgan fingerprint density at radius 1 is 1.37 bits per heavy atom. The second-order valence-corrected chi connectivity index (χ2v) is 6.29. The van der Waals surface area contributed by atoms with Crippen LogP contribution in [0.25, 0.3) is 0 Å². The molecule has 1 fully saturated rings. The van der Waals surface area contributed by atoms with Crippen molar-refractivity contribution in [3.8, 4) is 0 Å². The van der Waals surface area contributed by atoms with E-state index in [4.69, 9.17) is 4.74 Å². The van der Waals surface area contributed by atoms with E-state index in [1.54, 1.807) is 0 Å². The Hall–Kier alpha value is -0.430. The van der Waals surface area contributed by atoms with E-state index in [1.165, 1.54) is 0 Å². The summed E-state index contributed by atoms with van der Waals surface area (Å²) in [5.41, 5.74) is 1.86. The zero-order valence-corrected chi connectivity index (χ0v) is 13.9. The van der Waals surface area contributed by atoms with Crippen molar-refractivity contribution in [1.82, 2.24) is 4.90 Å². The Bertz CT molecular complexity index is 451. The summed E-state index contributed by atoms with van der Waals surface area (Å²) in [6.45, 7) is 5.41. The third-order valence-electron chi connectivity index (χ3n) is 2.99. The van der Waals surface area contributed by atoms with Crippen LogP contribution >= 0.6 is 31.9 Å². The smallest absolute Gasteiger partial charge is 0.238 e. The van der Waals surface area contributed by atoms with E-state index in [0.29, 0.717) is 19.8 Å². The molecule has 0 spiro atoms. The van der Waals surface area contributed by atoms with Gasteiger partial charge in [-0.2, -0.15) is 0 Å². The Morgan fingerprint density at radius 3 is 2.68 bits per heavy atom. The molecule has 1 amide bonds. The van der Waals surface area contributed by atoms with Gasteiger partial charge in [0.25, 0.3) is 0 Å². The van der Waals surface area contributed by atoms with Gasteiger partial charge in [-0.25, -0.2) is 0 Å². The first kappa shape index (κ1) is 15.0. The van der Waals surface area contributed by atoms with Crippen molar-refractivity contribution >= 4 is 43.5 Å². The summed E-state index contributed by atoms with van der Waals surface area (Å²) in [7, 11) is 0. The summed E-state index contributed by atoms with van der Waals surface area (Å²) in [6.07, 6.45) is 0. The van der Waals surface area contributed by atoms with Crippen molar-refractivity contribution < 1.29 is 9.53 Å². The van der Waals surface area contributed by atoms with Crippen LogP contribution in [0.1, 0.15) is 5.56 Å². The molecule has 0 radical (unpaired) electrons. The first-order chi connectivity index (χ1) is 9.06. The highest BCUT2D eigenvalue weighted by Gasteiger charge is 2.15. The van der Waals surface area contributed by atoms with Gasteiger partial charge in [-0.15, -0.1) is 0 Å². The largest absolute Gasteiger partial charge is 0.379 e. The van der Waals surface area contributed by atoms with Crippen molar-refractivity contribution in [3.05, 3.63) is 26.6 Å². The van der Waals surface area contributed by atoms with Gasteiger partial charge in [0.2, 0.25) is 5.91 Å². The van der Waals surface area contributed by atoms with E-state index in [9.17, 15) is 4.79 Å². The lowest BCUT2D eigenvalue weighted by Crippen LogP contribution is -2.41. The average molecular weight is 392 g/mol. The van der Waals surface area contributed by atoms with Gasteiger partial charge in [-0.3, -0.25) is 9.69 Å². The number of ether oxygens (including phenoxy) is 1. The standard InChI is InChI=1S/C13H16Br2N2O2/c1-9-6-10(14)7-11(15)13(9)16-12(18)8-17-2-4-19-5-3-17/h6-7H,2-5,8H2,1H3,(H,16,18). The van der Waals surface area contributed by atoms with Crippen molar-refractivity contribution in [3.63, 3.8) is 0 Å². The number of amides is 1. The molecule has 2 rings (SSSR count). The van der Waals surface area contributed by atoms with E-state index in [1.807, 2.05) is 19.1 Å². The number of hydrogen-bond acceptors (Lipinski definition) is 3. The Morgan fingerprint density at radius 2 is 2.05 bits per heavy atom. The van der Waals surface area contributed by atoms with Crippen LogP contribution in [0.5, 0.6) is 0 Å². The molecule has 19 heavy (non-hydrogen) atoms. The first-order valence-corrected chi connectivity index (χ1v) is 7.70. The molecule has 1 saturated heterocycles.